The van der Waals surface area contributed by atoms with Crippen molar-refractivity contribution in [1.29, 1.82) is 5.26 Å². The highest BCUT2D eigenvalue weighted by Crippen LogP contribution is 2.32. The van der Waals surface area contributed by atoms with Crippen LogP contribution >= 0.6 is 0 Å². The van der Waals surface area contributed by atoms with Gasteiger partial charge in [-0.1, -0.05) is 48.5 Å². The monoisotopic (exact) mass is 507 g/mol. The van der Waals surface area contributed by atoms with Gasteiger partial charge in [0.2, 0.25) is 5.91 Å². The Morgan fingerprint density at radius 1 is 0.842 bits per heavy atom. The zero-order valence-electron chi connectivity index (χ0n) is 21.3. The van der Waals surface area contributed by atoms with Crippen LogP contribution in [0.3, 0.4) is 0 Å². The van der Waals surface area contributed by atoms with Crippen molar-refractivity contribution < 1.29 is 19.0 Å². The van der Waals surface area contributed by atoms with Gasteiger partial charge in [-0.05, 0) is 65.2 Å². The summed E-state index contributed by atoms with van der Waals surface area (Å²) < 4.78 is 16.9. The lowest BCUT2D eigenvalue weighted by atomic mass is 10.0. The van der Waals surface area contributed by atoms with Crippen LogP contribution < -0.4 is 24.8 Å². The lowest BCUT2D eigenvalue weighted by Gasteiger charge is -2.21. The van der Waals surface area contributed by atoms with E-state index < -0.39 is 6.04 Å². The number of rotatable bonds is 11. The van der Waals surface area contributed by atoms with Gasteiger partial charge in [0.1, 0.15) is 18.4 Å². The van der Waals surface area contributed by atoms with Gasteiger partial charge in [0.05, 0.1) is 25.9 Å². The topological polar surface area (TPSA) is 92.6 Å². The molecule has 38 heavy (non-hydrogen) atoms. The molecule has 1 atom stereocenters. The van der Waals surface area contributed by atoms with Crippen molar-refractivity contribution in [2.45, 2.75) is 19.2 Å². The van der Waals surface area contributed by atoms with Gasteiger partial charge in [-0.2, -0.15) is 5.26 Å². The minimum Gasteiger partial charge on any atom is -0.497 e. The van der Waals surface area contributed by atoms with E-state index in [4.69, 9.17) is 19.5 Å². The van der Waals surface area contributed by atoms with Crippen molar-refractivity contribution >= 4 is 11.6 Å². The van der Waals surface area contributed by atoms with Gasteiger partial charge in [0, 0.05) is 12.2 Å². The molecule has 0 aliphatic carbocycles. The molecule has 4 aromatic rings. The Morgan fingerprint density at radius 2 is 1.61 bits per heavy atom. The molecule has 0 radical (unpaired) electrons. The number of anilines is 1. The molecule has 0 unspecified atom stereocenters. The van der Waals surface area contributed by atoms with E-state index >= 15 is 0 Å². The molecule has 4 rings (SSSR count). The van der Waals surface area contributed by atoms with Gasteiger partial charge in [-0.25, -0.2) is 0 Å². The Kier molecular flexibility index (Phi) is 8.82. The third kappa shape index (κ3) is 6.83. The maximum atomic E-state index is 13.4. The van der Waals surface area contributed by atoms with E-state index in [2.05, 4.69) is 16.7 Å². The summed E-state index contributed by atoms with van der Waals surface area (Å²) in [5.41, 5.74) is 3.90. The van der Waals surface area contributed by atoms with E-state index in [0.29, 0.717) is 41.5 Å². The van der Waals surface area contributed by atoms with Crippen LogP contribution in [0.1, 0.15) is 28.3 Å². The summed E-state index contributed by atoms with van der Waals surface area (Å²) in [6, 6.07) is 31.2. The molecular weight excluding hydrogens is 478 g/mol. The highest BCUT2D eigenvalue weighted by molar-refractivity contribution is 5.86. The molecule has 192 valence electrons. The normalized spacial score (nSPS) is 11.1. The molecule has 0 aliphatic rings. The van der Waals surface area contributed by atoms with Crippen LogP contribution in [0.15, 0.2) is 97.1 Å². The number of benzene rings is 4. The summed E-state index contributed by atoms with van der Waals surface area (Å²) >= 11 is 0. The highest BCUT2D eigenvalue weighted by Gasteiger charge is 2.22. The molecule has 7 nitrogen and oxygen atoms in total. The number of nitrogens with one attached hydrogen (secondary N) is 2. The van der Waals surface area contributed by atoms with Crippen molar-refractivity contribution in [2.24, 2.45) is 0 Å². The fourth-order valence-corrected chi connectivity index (χ4v) is 3.90. The Labute approximate surface area is 222 Å². The van der Waals surface area contributed by atoms with E-state index in [1.807, 2.05) is 60.7 Å². The number of hydrogen-bond acceptors (Lipinski definition) is 6. The summed E-state index contributed by atoms with van der Waals surface area (Å²) in [6.45, 7) is 0.724. The smallest absolute Gasteiger partial charge is 0.247 e. The minimum absolute atomic E-state index is 0.203. The largest absolute Gasteiger partial charge is 0.497 e. The van der Waals surface area contributed by atoms with Crippen LogP contribution in [0.4, 0.5) is 5.69 Å². The maximum absolute atomic E-state index is 13.4. The first-order valence-corrected chi connectivity index (χ1v) is 12.1. The van der Waals surface area contributed by atoms with E-state index in [0.717, 1.165) is 16.9 Å². The summed E-state index contributed by atoms with van der Waals surface area (Å²) in [6.07, 6.45) is 0. The zero-order chi connectivity index (χ0) is 26.7. The number of nitriles is 1. The Balaban J connectivity index is 1.56. The summed E-state index contributed by atoms with van der Waals surface area (Å²) in [4.78, 5) is 13.4. The molecular formula is C31H29N3O4. The zero-order valence-corrected chi connectivity index (χ0v) is 21.3. The third-order valence-electron chi connectivity index (χ3n) is 5.95. The van der Waals surface area contributed by atoms with E-state index in [1.54, 1.807) is 50.6 Å². The molecule has 7 heteroatoms. The number of methoxy groups -OCH3 is 2. The minimum atomic E-state index is -0.715. The average molecular weight is 508 g/mol. The second kappa shape index (κ2) is 12.8. The quantitative estimate of drug-likeness (QED) is 0.274. The molecule has 0 saturated heterocycles. The molecule has 0 aromatic heterocycles. The number of carbonyl (C=O) groups is 1. The van der Waals surface area contributed by atoms with Crippen LogP contribution in [0.2, 0.25) is 0 Å². The van der Waals surface area contributed by atoms with E-state index in [-0.39, 0.29) is 5.91 Å². The molecule has 0 fully saturated rings. The third-order valence-corrected chi connectivity index (χ3v) is 5.95. The standard InChI is InChI=1S/C31H29N3O4/c1-36-27-10-6-9-24(17-27)21-38-28-16-13-25(18-29(28)37-2)30(34-26-14-11-22(19-32)12-15-26)31(35)33-20-23-7-4-3-5-8-23/h3-18,30,34H,20-21H2,1-2H3,(H,33,35)/t30-/m1/s1. The Morgan fingerprint density at radius 3 is 2.32 bits per heavy atom. The van der Waals surface area contributed by atoms with Crippen molar-refractivity contribution in [2.75, 3.05) is 19.5 Å². The Hall–Kier alpha value is -4.96. The van der Waals surface area contributed by atoms with Gasteiger partial charge in [-0.15, -0.1) is 0 Å². The first-order chi connectivity index (χ1) is 18.6. The summed E-state index contributed by atoms with van der Waals surface area (Å²) in [7, 11) is 3.19. The van der Waals surface area contributed by atoms with Gasteiger partial charge < -0.3 is 24.8 Å². The van der Waals surface area contributed by atoms with Crippen LogP contribution in [-0.4, -0.2) is 20.1 Å². The average Bonchev–Trinajstić information content (AvgIpc) is 2.98. The molecule has 0 saturated carbocycles. The molecule has 1 amide bonds. The van der Waals surface area contributed by atoms with Crippen LogP contribution in [0.5, 0.6) is 17.2 Å². The van der Waals surface area contributed by atoms with Gasteiger partial charge in [-0.3, -0.25) is 4.79 Å². The van der Waals surface area contributed by atoms with Crippen LogP contribution in [-0.2, 0) is 17.9 Å². The highest BCUT2D eigenvalue weighted by atomic mass is 16.5. The lowest BCUT2D eigenvalue weighted by molar-refractivity contribution is -0.122. The summed E-state index contributed by atoms with van der Waals surface area (Å²) in [5, 5.41) is 15.4. The SMILES string of the molecule is COc1cccc(COc2ccc([C@@H](Nc3ccc(C#N)cc3)C(=O)NCc3ccccc3)cc2OC)c1. The van der Waals surface area contributed by atoms with Crippen LogP contribution in [0, 0.1) is 11.3 Å². The van der Waals surface area contributed by atoms with Crippen molar-refractivity contribution in [1.82, 2.24) is 5.32 Å². The predicted octanol–water partition coefficient (Wildman–Crippen LogP) is 5.62. The van der Waals surface area contributed by atoms with Crippen LogP contribution in [0.25, 0.3) is 0 Å². The molecule has 4 aromatic carbocycles. The van der Waals surface area contributed by atoms with E-state index in [1.165, 1.54) is 0 Å². The molecule has 0 heterocycles. The molecule has 2 N–H and O–H groups in total. The number of carbonyl (C=O) groups excluding carboxylic acids is 1. The first kappa shape index (κ1) is 26.1. The van der Waals surface area contributed by atoms with Crippen molar-refractivity contribution in [3.63, 3.8) is 0 Å². The second-order valence-electron chi connectivity index (χ2n) is 8.52. The first-order valence-electron chi connectivity index (χ1n) is 12.1. The fraction of sp³-hybridized carbons (Fsp3) is 0.161. The fourth-order valence-electron chi connectivity index (χ4n) is 3.90. The number of ether oxygens (including phenoxy) is 3. The van der Waals surface area contributed by atoms with E-state index in [9.17, 15) is 4.79 Å². The number of amides is 1. The molecule has 0 aliphatic heterocycles. The summed E-state index contributed by atoms with van der Waals surface area (Å²) in [5.74, 6) is 1.62. The number of nitrogens with zero attached hydrogens (tertiary/aromatic N) is 1. The second-order valence-corrected chi connectivity index (χ2v) is 8.52. The lowest BCUT2D eigenvalue weighted by Crippen LogP contribution is -2.33. The van der Waals surface area contributed by atoms with Gasteiger partial charge in [0.25, 0.3) is 0 Å². The number of hydrogen-bond donors (Lipinski definition) is 2. The molecule has 0 bridgehead atoms. The maximum Gasteiger partial charge on any atom is 0.247 e. The molecule has 0 spiro atoms. The van der Waals surface area contributed by atoms with Crippen molar-refractivity contribution in [3.8, 4) is 23.3 Å². The van der Waals surface area contributed by atoms with Crippen molar-refractivity contribution in [3.05, 3.63) is 119 Å². The van der Waals surface area contributed by atoms with Gasteiger partial charge in [0.15, 0.2) is 11.5 Å². The van der Waals surface area contributed by atoms with Gasteiger partial charge >= 0.3 is 0 Å². The Bertz CT molecular complexity index is 1400. The predicted molar refractivity (Wildman–Crippen MR) is 146 cm³/mol.